The molecule has 2 fully saturated rings. The highest BCUT2D eigenvalue weighted by Gasteiger charge is 2.43. The van der Waals surface area contributed by atoms with Crippen LogP contribution in [0.25, 0.3) is 0 Å². The average Bonchev–Trinajstić information content (AvgIpc) is 2.98. The van der Waals surface area contributed by atoms with Crippen molar-refractivity contribution in [2.75, 3.05) is 26.0 Å². The number of nitrogens with one attached hydrogen (secondary N) is 1. The maximum absolute atomic E-state index is 11.5. The number of alkyl halides is 3. The third-order valence-corrected chi connectivity index (χ3v) is 6.17. The van der Waals surface area contributed by atoms with Crippen molar-refractivity contribution in [2.24, 2.45) is 0 Å². The van der Waals surface area contributed by atoms with Gasteiger partial charge in [0, 0.05) is 32.3 Å². The molecule has 1 aromatic rings. The van der Waals surface area contributed by atoms with Crippen LogP contribution in [-0.4, -0.2) is 68.2 Å². The summed E-state index contributed by atoms with van der Waals surface area (Å²) < 4.78 is 63.6. The van der Waals surface area contributed by atoms with Crippen LogP contribution in [0.4, 0.5) is 13.2 Å². The van der Waals surface area contributed by atoms with Crippen molar-refractivity contribution in [1.29, 1.82) is 0 Å². The van der Waals surface area contributed by atoms with Gasteiger partial charge in [-0.1, -0.05) is 23.8 Å². The lowest BCUT2D eigenvalue weighted by Gasteiger charge is -2.38. The number of aliphatic carboxylic acids is 1. The Hall–Kier alpha value is -1.69. The molecule has 2 N–H and O–H groups in total. The Morgan fingerprint density at radius 1 is 1.35 bits per heavy atom. The number of benzene rings is 1. The van der Waals surface area contributed by atoms with Crippen LogP contribution in [0.2, 0.25) is 0 Å². The monoisotopic (exact) mass is 466 g/mol. The van der Waals surface area contributed by atoms with Gasteiger partial charge in [-0.05, 0) is 44.2 Å². The molecule has 0 aliphatic carbocycles. The van der Waals surface area contributed by atoms with Gasteiger partial charge >= 0.3 is 12.1 Å². The number of sulfonamides is 1. The van der Waals surface area contributed by atoms with E-state index in [1.165, 1.54) is 22.9 Å². The third-order valence-electron chi connectivity index (χ3n) is 5.41. The van der Waals surface area contributed by atoms with Crippen LogP contribution >= 0.6 is 0 Å². The second-order valence-electron chi connectivity index (χ2n) is 8.30. The number of ether oxygens (including phenoxy) is 1. The lowest BCUT2D eigenvalue weighted by atomic mass is 9.90. The Bertz CT molecular complexity index is 891. The molecule has 0 aromatic heterocycles. The predicted octanol–water partition coefficient (Wildman–Crippen LogP) is 2.61. The summed E-state index contributed by atoms with van der Waals surface area (Å²) in [7, 11) is -3.16. The van der Waals surface area contributed by atoms with Crippen molar-refractivity contribution in [3.05, 3.63) is 34.9 Å². The summed E-state index contributed by atoms with van der Waals surface area (Å²) in [5, 5.41) is 7.12. The molecule has 2 aliphatic heterocycles. The zero-order valence-electron chi connectivity index (χ0n) is 17.8. The predicted molar refractivity (Wildman–Crippen MR) is 109 cm³/mol. The molecule has 3 rings (SSSR count). The lowest BCUT2D eigenvalue weighted by molar-refractivity contribution is -0.192. The highest BCUT2D eigenvalue weighted by atomic mass is 32.2. The zero-order valence-corrected chi connectivity index (χ0v) is 18.6. The largest absolute Gasteiger partial charge is 0.490 e. The van der Waals surface area contributed by atoms with Crippen LogP contribution in [0, 0.1) is 13.8 Å². The fourth-order valence-corrected chi connectivity index (χ4v) is 4.80. The van der Waals surface area contributed by atoms with Crippen molar-refractivity contribution >= 4 is 16.0 Å². The molecule has 1 aromatic carbocycles. The number of rotatable bonds is 4. The summed E-state index contributed by atoms with van der Waals surface area (Å²) in [5.74, 6) is -2.76. The Morgan fingerprint density at radius 2 is 2.00 bits per heavy atom. The zero-order chi connectivity index (χ0) is 23.4. The van der Waals surface area contributed by atoms with Gasteiger partial charge in [-0.15, -0.1) is 0 Å². The number of carboxylic acids is 1. The van der Waals surface area contributed by atoms with Crippen molar-refractivity contribution in [3.63, 3.8) is 0 Å². The summed E-state index contributed by atoms with van der Waals surface area (Å²) in [6.07, 6.45) is -1.36. The van der Waals surface area contributed by atoms with Gasteiger partial charge in [0.15, 0.2) is 0 Å². The Balaban J connectivity index is 0.000000423. The smallest absolute Gasteiger partial charge is 0.475 e. The van der Waals surface area contributed by atoms with Crippen molar-refractivity contribution in [2.45, 2.75) is 57.5 Å². The molecule has 176 valence electrons. The molecule has 0 saturated carbocycles. The molecule has 0 amide bonds. The van der Waals surface area contributed by atoms with E-state index in [0.29, 0.717) is 6.61 Å². The number of halogens is 3. The number of carbonyl (C=O) groups is 1. The van der Waals surface area contributed by atoms with Gasteiger partial charge in [-0.25, -0.2) is 17.9 Å². The summed E-state index contributed by atoms with van der Waals surface area (Å²) in [5.41, 5.74) is 3.78. The number of nitrogens with zero attached hydrogens (tertiary/aromatic N) is 1. The van der Waals surface area contributed by atoms with Crippen LogP contribution in [0.5, 0.6) is 0 Å². The molecular weight excluding hydrogens is 437 g/mol. The fraction of sp³-hybridized carbons (Fsp3) is 0.650. The fourth-order valence-electron chi connectivity index (χ4n) is 3.99. The normalized spacial score (nSPS) is 24.6. The minimum atomic E-state index is -5.08. The highest BCUT2D eigenvalue weighted by Crippen LogP contribution is 2.35. The Morgan fingerprint density at radius 3 is 2.58 bits per heavy atom. The van der Waals surface area contributed by atoms with E-state index in [9.17, 15) is 21.6 Å². The molecule has 31 heavy (non-hydrogen) atoms. The molecule has 11 heteroatoms. The second kappa shape index (κ2) is 9.85. The average molecular weight is 467 g/mol. The second-order valence-corrected chi connectivity index (χ2v) is 10.1. The number of hydrogen-bond donors (Lipinski definition) is 2. The lowest BCUT2D eigenvalue weighted by Crippen LogP contribution is -2.49. The summed E-state index contributed by atoms with van der Waals surface area (Å²) in [6.45, 7) is 7.72. The van der Waals surface area contributed by atoms with E-state index in [0.717, 1.165) is 38.9 Å². The summed E-state index contributed by atoms with van der Waals surface area (Å²) in [6, 6.07) is 6.58. The van der Waals surface area contributed by atoms with E-state index in [1.54, 1.807) is 0 Å². The topological polar surface area (TPSA) is 95.9 Å². The summed E-state index contributed by atoms with van der Waals surface area (Å²) in [4.78, 5) is 11.3. The standard InChI is InChI=1S/C18H28N2O3S.C2HF3O2/c1-14-4-5-15(2)16(10-14)12-20-8-7-18(13-20)11-17(6-9-23-18)19-24(3,21)22;3-2(4,5)1(6)7/h4-5,10,17,19H,6-9,11-13H2,1-3H3;(H,6,7)/t17-,18-;/m1./s1. The number of aryl methyl sites for hydroxylation is 2. The van der Waals surface area contributed by atoms with Gasteiger partial charge in [0.25, 0.3) is 0 Å². The Kier molecular flexibility index (Phi) is 8.12. The first-order chi connectivity index (χ1) is 14.2. The molecule has 2 aliphatic rings. The third kappa shape index (κ3) is 8.06. The first-order valence-electron chi connectivity index (χ1n) is 9.89. The van der Waals surface area contributed by atoms with Gasteiger partial charge in [0.2, 0.25) is 10.0 Å². The first-order valence-corrected chi connectivity index (χ1v) is 11.8. The number of likely N-dealkylation sites (tertiary alicyclic amines) is 1. The molecule has 0 radical (unpaired) electrons. The van der Waals surface area contributed by atoms with Crippen LogP contribution < -0.4 is 4.72 Å². The first kappa shape index (κ1) is 25.6. The van der Waals surface area contributed by atoms with Crippen LogP contribution in [0.3, 0.4) is 0 Å². The maximum atomic E-state index is 11.5. The molecule has 0 unspecified atom stereocenters. The van der Waals surface area contributed by atoms with E-state index in [-0.39, 0.29) is 11.6 Å². The van der Waals surface area contributed by atoms with Gasteiger partial charge in [-0.3, -0.25) is 4.90 Å². The molecule has 1 spiro atoms. The van der Waals surface area contributed by atoms with Gasteiger partial charge in [-0.2, -0.15) is 13.2 Å². The van der Waals surface area contributed by atoms with Crippen LogP contribution in [-0.2, 0) is 26.1 Å². The van der Waals surface area contributed by atoms with E-state index < -0.39 is 22.2 Å². The van der Waals surface area contributed by atoms with E-state index in [2.05, 4.69) is 41.7 Å². The molecule has 7 nitrogen and oxygen atoms in total. The van der Waals surface area contributed by atoms with Gasteiger partial charge in [0.1, 0.15) is 0 Å². The number of hydrogen-bond acceptors (Lipinski definition) is 5. The number of carboxylic acid groups (broad SMARTS) is 1. The molecule has 0 bridgehead atoms. The van der Waals surface area contributed by atoms with Crippen molar-refractivity contribution in [1.82, 2.24) is 9.62 Å². The Labute approximate surface area is 180 Å². The van der Waals surface area contributed by atoms with Crippen LogP contribution in [0.15, 0.2) is 18.2 Å². The van der Waals surface area contributed by atoms with E-state index in [1.807, 2.05) is 0 Å². The summed E-state index contributed by atoms with van der Waals surface area (Å²) >= 11 is 0. The van der Waals surface area contributed by atoms with E-state index >= 15 is 0 Å². The van der Waals surface area contributed by atoms with E-state index in [4.69, 9.17) is 14.6 Å². The minimum Gasteiger partial charge on any atom is -0.475 e. The SMILES string of the molecule is Cc1ccc(C)c(CN2CC[C@@]3(C[C@H](NS(C)(=O)=O)CCO3)C2)c1.O=C(O)C(F)(F)F. The molecule has 2 saturated heterocycles. The van der Waals surface area contributed by atoms with Crippen molar-refractivity contribution in [3.8, 4) is 0 Å². The molecular formula is C20H29F3N2O5S. The van der Waals surface area contributed by atoms with Crippen LogP contribution in [0.1, 0.15) is 36.0 Å². The molecule has 2 atom stereocenters. The maximum Gasteiger partial charge on any atom is 0.490 e. The van der Waals surface area contributed by atoms with Crippen molar-refractivity contribution < 1.29 is 36.2 Å². The van der Waals surface area contributed by atoms with Gasteiger partial charge < -0.3 is 9.84 Å². The molecule has 2 heterocycles. The highest BCUT2D eigenvalue weighted by molar-refractivity contribution is 7.88. The quantitative estimate of drug-likeness (QED) is 0.708. The van der Waals surface area contributed by atoms with Gasteiger partial charge in [0.05, 0.1) is 11.9 Å². The minimum absolute atomic E-state index is 0.00518.